The first kappa shape index (κ1) is 18.0. The molecule has 0 bridgehead atoms. The predicted molar refractivity (Wildman–Crippen MR) is 81.1 cm³/mol. The van der Waals surface area contributed by atoms with Gasteiger partial charge in [0.1, 0.15) is 0 Å². The lowest BCUT2D eigenvalue weighted by atomic mass is 10.0. The van der Waals surface area contributed by atoms with Gasteiger partial charge in [-0.1, -0.05) is 19.8 Å². The molecule has 0 rings (SSSR count). The third kappa shape index (κ3) is 11.1. The number of hydrogen-bond acceptors (Lipinski definition) is 3. The lowest BCUT2D eigenvalue weighted by Gasteiger charge is -2.17. The molecule has 3 nitrogen and oxygen atoms in total. The maximum atomic E-state index is 9.75. The Bertz CT molecular complexity index is 170. The van der Waals surface area contributed by atoms with Gasteiger partial charge in [-0.05, 0) is 44.9 Å². The highest BCUT2D eigenvalue weighted by Gasteiger charge is 2.08. The molecule has 5 heteroatoms. The summed E-state index contributed by atoms with van der Waals surface area (Å²) >= 11 is 0. The summed E-state index contributed by atoms with van der Waals surface area (Å²) in [6.07, 6.45) is 9.88. The van der Waals surface area contributed by atoms with Crippen LogP contribution in [0.1, 0.15) is 64.7 Å². The highest BCUT2D eigenvalue weighted by molar-refractivity contribution is 5.98. The number of unbranched alkanes of at least 4 members (excludes halogenated alkanes) is 2. The van der Waals surface area contributed by atoms with E-state index in [9.17, 15) is 5.11 Å². The van der Waals surface area contributed by atoms with Crippen molar-refractivity contribution in [2.45, 2.75) is 76.9 Å². The molecule has 0 aliphatic carbocycles. The van der Waals surface area contributed by atoms with Gasteiger partial charge in [-0.3, -0.25) is 0 Å². The first-order valence-corrected chi connectivity index (χ1v) is 7.44. The monoisotopic (exact) mass is 256 g/mol. The lowest BCUT2D eigenvalue weighted by molar-refractivity contribution is 0.134. The van der Waals surface area contributed by atoms with Crippen molar-refractivity contribution in [1.29, 1.82) is 0 Å². The molecule has 0 aromatic rings. The second kappa shape index (κ2) is 13.4. The standard InChI is InChI=1S/C13H30B2O3/c1-2-3-7-12(16)8-6-10-13(18-15)9-4-5-11-17-14/h12-13,16H,2-11,14-15H2,1H3/t12-,13?/m1/s1. The zero-order chi connectivity index (χ0) is 13.6. The fourth-order valence-electron chi connectivity index (χ4n) is 2.16. The van der Waals surface area contributed by atoms with Crippen LogP contribution in [-0.4, -0.2) is 40.0 Å². The number of aliphatic hydroxyl groups excluding tert-OH is 1. The maximum Gasteiger partial charge on any atom is 0.257 e. The first-order chi connectivity index (χ1) is 8.74. The largest absolute Gasteiger partial charge is 0.444 e. The van der Waals surface area contributed by atoms with E-state index in [-0.39, 0.29) is 6.10 Å². The fourth-order valence-corrected chi connectivity index (χ4v) is 2.16. The van der Waals surface area contributed by atoms with Gasteiger partial charge in [0, 0.05) is 12.7 Å². The summed E-state index contributed by atoms with van der Waals surface area (Å²) in [6, 6.07) is 0. The second-order valence-corrected chi connectivity index (χ2v) is 5.07. The highest BCUT2D eigenvalue weighted by Crippen LogP contribution is 2.14. The molecule has 0 radical (unpaired) electrons. The molecule has 0 saturated carbocycles. The third-order valence-electron chi connectivity index (χ3n) is 3.41. The van der Waals surface area contributed by atoms with Crippen LogP contribution < -0.4 is 0 Å². The van der Waals surface area contributed by atoms with Gasteiger partial charge in [-0.25, -0.2) is 0 Å². The predicted octanol–water partition coefficient (Wildman–Crippen LogP) is 1.38. The Kier molecular flexibility index (Phi) is 13.4. The van der Waals surface area contributed by atoms with Gasteiger partial charge in [0.2, 0.25) is 0 Å². The van der Waals surface area contributed by atoms with Gasteiger partial charge in [0.25, 0.3) is 16.1 Å². The smallest absolute Gasteiger partial charge is 0.257 e. The van der Waals surface area contributed by atoms with Gasteiger partial charge in [-0.2, -0.15) is 0 Å². The molecule has 0 amide bonds. The Morgan fingerprint density at radius 3 is 2.22 bits per heavy atom. The van der Waals surface area contributed by atoms with E-state index < -0.39 is 0 Å². The zero-order valence-electron chi connectivity index (χ0n) is 12.5. The minimum Gasteiger partial charge on any atom is -0.444 e. The molecule has 0 saturated heterocycles. The summed E-state index contributed by atoms with van der Waals surface area (Å²) in [6.45, 7) is 3.00. The van der Waals surface area contributed by atoms with Crippen LogP contribution in [0.25, 0.3) is 0 Å². The summed E-state index contributed by atoms with van der Waals surface area (Å²) in [5.41, 5.74) is 0. The zero-order valence-corrected chi connectivity index (χ0v) is 12.5. The fraction of sp³-hybridized carbons (Fsp3) is 1.00. The highest BCUT2D eigenvalue weighted by atomic mass is 16.4. The first-order valence-electron chi connectivity index (χ1n) is 7.44. The Labute approximate surface area is 115 Å². The molecule has 1 N–H and O–H groups in total. The minimum absolute atomic E-state index is 0.115. The van der Waals surface area contributed by atoms with Gasteiger partial charge in [-0.15, -0.1) is 0 Å². The summed E-state index contributed by atoms with van der Waals surface area (Å²) in [4.78, 5) is 0. The van der Waals surface area contributed by atoms with Crippen molar-refractivity contribution in [1.82, 2.24) is 0 Å². The molecule has 1 unspecified atom stereocenters. The molecule has 0 aliphatic rings. The molecule has 106 valence electrons. The summed E-state index contributed by atoms with van der Waals surface area (Å²) < 4.78 is 10.5. The van der Waals surface area contributed by atoms with E-state index in [1.165, 1.54) is 0 Å². The lowest BCUT2D eigenvalue weighted by Crippen LogP contribution is -2.13. The molecular weight excluding hydrogens is 226 g/mol. The van der Waals surface area contributed by atoms with Crippen LogP contribution in [-0.2, 0) is 9.31 Å². The van der Waals surface area contributed by atoms with Gasteiger partial charge < -0.3 is 14.4 Å². The number of aliphatic hydroxyl groups is 1. The summed E-state index contributed by atoms with van der Waals surface area (Å²) in [7, 11) is 3.53. The van der Waals surface area contributed by atoms with E-state index in [0.717, 1.165) is 64.4 Å². The molecule has 0 aliphatic heterocycles. The quantitative estimate of drug-likeness (QED) is 0.399. The molecule has 0 spiro atoms. The van der Waals surface area contributed by atoms with Crippen molar-refractivity contribution >= 4 is 16.1 Å². The molecule has 0 aromatic heterocycles. The Morgan fingerprint density at radius 2 is 1.61 bits per heavy atom. The Balaban J connectivity index is 3.48. The molecule has 0 heterocycles. The van der Waals surface area contributed by atoms with Crippen LogP contribution in [0.15, 0.2) is 0 Å². The van der Waals surface area contributed by atoms with E-state index in [0.29, 0.717) is 6.10 Å². The molecular formula is C13H30B2O3. The Morgan fingerprint density at radius 1 is 0.944 bits per heavy atom. The van der Waals surface area contributed by atoms with E-state index in [1.54, 1.807) is 16.1 Å². The van der Waals surface area contributed by atoms with Crippen LogP contribution >= 0.6 is 0 Å². The summed E-state index contributed by atoms with van der Waals surface area (Å²) in [5.74, 6) is 0. The van der Waals surface area contributed by atoms with Crippen molar-refractivity contribution < 1.29 is 14.4 Å². The van der Waals surface area contributed by atoms with Crippen LogP contribution in [0.5, 0.6) is 0 Å². The van der Waals surface area contributed by atoms with Crippen LogP contribution in [0.2, 0.25) is 0 Å². The maximum absolute atomic E-state index is 9.75. The molecule has 18 heavy (non-hydrogen) atoms. The van der Waals surface area contributed by atoms with Crippen molar-refractivity contribution in [2.75, 3.05) is 6.61 Å². The van der Waals surface area contributed by atoms with Crippen molar-refractivity contribution in [3.63, 3.8) is 0 Å². The van der Waals surface area contributed by atoms with E-state index in [1.807, 2.05) is 0 Å². The van der Waals surface area contributed by atoms with Gasteiger partial charge in [0.15, 0.2) is 0 Å². The molecule has 0 fully saturated rings. The topological polar surface area (TPSA) is 38.7 Å². The van der Waals surface area contributed by atoms with Gasteiger partial charge in [0.05, 0.1) is 6.10 Å². The second-order valence-electron chi connectivity index (χ2n) is 5.07. The Hall–Kier alpha value is 0.00987. The van der Waals surface area contributed by atoms with Crippen molar-refractivity contribution in [2.24, 2.45) is 0 Å². The normalized spacial score (nSPS) is 14.6. The van der Waals surface area contributed by atoms with E-state index >= 15 is 0 Å². The SMILES string of the molecule is BOCCCCC(CCC[C@H](O)CCCC)OB. The van der Waals surface area contributed by atoms with E-state index in [2.05, 4.69) is 6.92 Å². The third-order valence-corrected chi connectivity index (χ3v) is 3.41. The molecule has 2 atom stereocenters. The number of rotatable bonds is 13. The summed E-state index contributed by atoms with van der Waals surface area (Å²) in [5, 5.41) is 9.75. The van der Waals surface area contributed by atoms with Crippen molar-refractivity contribution in [3.8, 4) is 0 Å². The van der Waals surface area contributed by atoms with E-state index in [4.69, 9.17) is 9.31 Å². The average molecular weight is 256 g/mol. The molecule has 0 aromatic carbocycles. The van der Waals surface area contributed by atoms with Gasteiger partial charge >= 0.3 is 0 Å². The van der Waals surface area contributed by atoms with Crippen LogP contribution in [0.3, 0.4) is 0 Å². The van der Waals surface area contributed by atoms with Crippen LogP contribution in [0.4, 0.5) is 0 Å². The minimum atomic E-state index is -0.115. The number of hydrogen-bond donors (Lipinski definition) is 1. The average Bonchev–Trinajstić information content (AvgIpc) is 2.39. The van der Waals surface area contributed by atoms with Crippen molar-refractivity contribution in [3.05, 3.63) is 0 Å². The van der Waals surface area contributed by atoms with Crippen LogP contribution in [0, 0.1) is 0 Å².